The van der Waals surface area contributed by atoms with Crippen molar-refractivity contribution in [1.82, 2.24) is 0 Å². The fraction of sp³-hybridized carbons (Fsp3) is 0.857. The zero-order chi connectivity index (χ0) is 38.2. The highest BCUT2D eigenvalue weighted by Gasteiger charge is 2.55. The number of rotatable bonds is 12. The van der Waals surface area contributed by atoms with E-state index in [9.17, 15) is 80.5 Å². The van der Waals surface area contributed by atoms with Crippen LogP contribution in [0.3, 0.4) is 0 Å². The molecule has 8 unspecified atom stereocenters. The Morgan fingerprint density at radius 3 is 1.24 bits per heavy atom. The third-order valence-electron chi connectivity index (χ3n) is 9.55. The first-order valence-electron chi connectivity index (χ1n) is 15.5. The van der Waals surface area contributed by atoms with Crippen LogP contribution >= 0.6 is 0 Å². The van der Waals surface area contributed by atoms with Gasteiger partial charge in [-0.15, -0.1) is 0 Å². The lowest BCUT2D eigenvalue weighted by atomic mass is 9.80. The molecule has 51 heavy (non-hydrogen) atoms. The second-order valence-electron chi connectivity index (χ2n) is 12.6. The van der Waals surface area contributed by atoms with E-state index in [2.05, 4.69) is 0 Å². The fourth-order valence-corrected chi connectivity index (χ4v) is 6.74. The first-order valence-corrected chi connectivity index (χ1v) is 15.5. The van der Waals surface area contributed by atoms with E-state index < -0.39 is 159 Å². The molecule has 4 aliphatic rings. The molecule has 8 N–H and O–H groups in total. The summed E-state index contributed by atoms with van der Waals surface area (Å²) in [5.41, 5.74) is 0. The van der Waals surface area contributed by atoms with Gasteiger partial charge in [-0.2, -0.15) is 0 Å². The molecule has 0 aromatic rings. The van der Waals surface area contributed by atoms with E-state index in [0.717, 1.165) is 14.2 Å². The lowest BCUT2D eigenvalue weighted by Gasteiger charge is -2.50. The summed E-state index contributed by atoms with van der Waals surface area (Å²) in [6, 6.07) is 0. The molecular formula is C28H38O23-4. The van der Waals surface area contributed by atoms with Crippen LogP contribution in [0.5, 0.6) is 0 Å². The zero-order valence-corrected chi connectivity index (χ0v) is 26.7. The first kappa shape index (κ1) is 41.0. The van der Waals surface area contributed by atoms with Crippen LogP contribution in [-0.4, -0.2) is 189 Å². The molecule has 23 nitrogen and oxygen atoms in total. The van der Waals surface area contributed by atoms with Crippen molar-refractivity contribution in [3.8, 4) is 0 Å². The molecule has 4 rings (SSSR count). The third kappa shape index (κ3) is 8.12. The Morgan fingerprint density at radius 1 is 0.471 bits per heavy atom. The fourth-order valence-electron chi connectivity index (χ4n) is 6.74. The van der Waals surface area contributed by atoms with E-state index in [1.807, 2.05) is 0 Å². The normalized spacial score (nSPS) is 47.7. The second-order valence-corrected chi connectivity index (χ2v) is 12.6. The van der Waals surface area contributed by atoms with Crippen LogP contribution in [0.25, 0.3) is 0 Å². The number of carboxylic acid groups (broad SMARTS) is 4. The van der Waals surface area contributed by atoms with E-state index in [4.69, 9.17) is 33.2 Å². The molecule has 20 atom stereocenters. The van der Waals surface area contributed by atoms with Gasteiger partial charge in [0.25, 0.3) is 0 Å². The van der Waals surface area contributed by atoms with Crippen molar-refractivity contribution in [2.45, 2.75) is 123 Å². The van der Waals surface area contributed by atoms with Gasteiger partial charge in [0.1, 0.15) is 73.2 Å². The Kier molecular flexibility index (Phi) is 13.3. The van der Waals surface area contributed by atoms with Gasteiger partial charge in [0.2, 0.25) is 0 Å². The molecule has 0 radical (unpaired) electrons. The van der Waals surface area contributed by atoms with Crippen LogP contribution in [0.1, 0.15) is 12.8 Å². The topological polar surface area (TPSA) is 387 Å². The summed E-state index contributed by atoms with van der Waals surface area (Å²) in [4.78, 5) is 47.6. The van der Waals surface area contributed by atoms with Crippen LogP contribution in [0.4, 0.5) is 0 Å². The number of aliphatic hydroxyl groups excluding tert-OH is 8. The van der Waals surface area contributed by atoms with Gasteiger partial charge in [-0.1, -0.05) is 0 Å². The van der Waals surface area contributed by atoms with Gasteiger partial charge in [0.15, 0.2) is 12.6 Å². The maximum absolute atomic E-state index is 12.2. The Balaban J connectivity index is 1.51. The van der Waals surface area contributed by atoms with Crippen molar-refractivity contribution in [3.05, 3.63) is 0 Å². The molecule has 2 aliphatic heterocycles. The first-order chi connectivity index (χ1) is 23.9. The van der Waals surface area contributed by atoms with Crippen molar-refractivity contribution in [2.24, 2.45) is 11.8 Å². The molecule has 2 heterocycles. The predicted octanol–water partition coefficient (Wildman–Crippen LogP) is -12.1. The van der Waals surface area contributed by atoms with Crippen molar-refractivity contribution < 1.29 is 114 Å². The number of hydrogen-bond acceptors (Lipinski definition) is 23. The number of methoxy groups -OCH3 is 2. The average molecular weight is 743 g/mol. The summed E-state index contributed by atoms with van der Waals surface area (Å²) >= 11 is 0. The predicted molar refractivity (Wildman–Crippen MR) is 142 cm³/mol. The Bertz CT molecular complexity index is 1250. The van der Waals surface area contributed by atoms with Crippen LogP contribution < -0.4 is 20.4 Å². The Morgan fingerprint density at radius 2 is 0.843 bits per heavy atom. The summed E-state index contributed by atoms with van der Waals surface area (Å²) < 4.78 is 36.2. The van der Waals surface area contributed by atoms with Gasteiger partial charge in [-0.25, -0.2) is 0 Å². The van der Waals surface area contributed by atoms with Crippen LogP contribution in [0.2, 0.25) is 0 Å². The van der Waals surface area contributed by atoms with Crippen molar-refractivity contribution >= 4 is 23.9 Å². The molecule has 23 heteroatoms. The summed E-state index contributed by atoms with van der Waals surface area (Å²) in [5, 5.41) is 133. The van der Waals surface area contributed by atoms with E-state index >= 15 is 0 Å². The molecule has 0 spiro atoms. The maximum atomic E-state index is 12.2. The number of carbonyl (C=O) groups is 4. The zero-order valence-electron chi connectivity index (χ0n) is 26.7. The number of aliphatic hydroxyl groups is 8. The number of aliphatic carboxylic acids is 4. The molecule has 0 aromatic carbocycles. The van der Waals surface area contributed by atoms with Crippen LogP contribution in [-0.2, 0) is 52.3 Å². The van der Waals surface area contributed by atoms with Gasteiger partial charge in [-0.3, -0.25) is 0 Å². The average Bonchev–Trinajstić information content (AvgIpc) is 3.07. The van der Waals surface area contributed by atoms with E-state index in [1.165, 1.54) is 0 Å². The highest BCUT2D eigenvalue weighted by molar-refractivity contribution is 5.72. The highest BCUT2D eigenvalue weighted by Crippen LogP contribution is 2.37. The summed E-state index contributed by atoms with van der Waals surface area (Å²) in [6.45, 7) is 0. The van der Waals surface area contributed by atoms with Crippen molar-refractivity contribution in [2.75, 3.05) is 14.2 Å². The minimum Gasteiger partial charge on any atom is -0.550 e. The highest BCUT2D eigenvalue weighted by atomic mass is 16.7. The molecule has 2 saturated carbocycles. The molecule has 0 aromatic heterocycles. The monoisotopic (exact) mass is 742 g/mol. The minimum atomic E-state index is -2.42. The molecule has 0 bridgehead atoms. The summed E-state index contributed by atoms with van der Waals surface area (Å²) in [6.07, 6.45) is -38.2. The number of carboxylic acids is 4. The van der Waals surface area contributed by atoms with Crippen molar-refractivity contribution in [3.63, 3.8) is 0 Å². The standard InChI is InChI=1S/C28H42O23/c1-45-7-3-5(23(37)38)17(11(31)9(7)29)48-28-16(36)14(34)20(22(51-28)26(43)44)47-8-4-6(24(39)40)18(12(32)10(8)30)49-27-15(35)13(33)19(46-2)21(50-27)25(41)42/h5-22,27-36H,3-4H2,1-2H3,(H,37,38)(H,39,40)(H,41,42)(H,43,44)/p-4/t5-,6-,7-,8-,9?,10?,11?,12?,13+,14-,15?,16?,17-,18-,19+,20+,21?,22?,27-,28-/m1/s1. The van der Waals surface area contributed by atoms with E-state index in [-0.39, 0.29) is 0 Å². The number of carbonyl (C=O) groups excluding carboxylic acids is 4. The second kappa shape index (κ2) is 16.5. The lowest BCUT2D eigenvalue weighted by Crippen LogP contribution is -2.68. The van der Waals surface area contributed by atoms with Gasteiger partial charge in [-0.05, 0) is 12.8 Å². The molecular weight excluding hydrogens is 704 g/mol. The van der Waals surface area contributed by atoms with Gasteiger partial charge >= 0.3 is 0 Å². The lowest BCUT2D eigenvalue weighted by molar-refractivity contribution is -0.374. The quantitative estimate of drug-likeness (QED) is 0.0920. The van der Waals surface area contributed by atoms with Crippen LogP contribution in [0, 0.1) is 11.8 Å². The largest absolute Gasteiger partial charge is 0.550 e. The number of hydrogen-bond donors (Lipinski definition) is 8. The SMILES string of the molecule is CO[C@@H]1C(C(=O)[O-])O[C@@H](O[C@H]2C(O)C(O)[C@H](O[C@@H]3C(C(=O)[O-])O[C@@H](O[C@H]4C(O)C(O)[C@H](OC)C[C@H]4C(=O)[O-])C(O)[C@H]3O)C[C@H]2C(=O)[O-])C(O)[C@@H]1O. The smallest absolute Gasteiger partial charge is 0.187 e. The Hall–Kier alpha value is -2.72. The number of ether oxygens (including phenoxy) is 7. The molecule has 2 saturated heterocycles. The van der Waals surface area contributed by atoms with Crippen LogP contribution in [0.15, 0.2) is 0 Å². The molecule has 292 valence electrons. The van der Waals surface area contributed by atoms with E-state index in [1.54, 1.807) is 0 Å². The third-order valence-corrected chi connectivity index (χ3v) is 9.55. The van der Waals surface area contributed by atoms with Crippen molar-refractivity contribution in [1.29, 1.82) is 0 Å². The van der Waals surface area contributed by atoms with Gasteiger partial charge in [0, 0.05) is 38.0 Å². The summed E-state index contributed by atoms with van der Waals surface area (Å²) in [5.74, 6) is -11.5. The Labute approximate surface area is 287 Å². The molecule has 0 amide bonds. The summed E-state index contributed by atoms with van der Waals surface area (Å²) in [7, 11) is 2.11. The minimum absolute atomic E-state index is 0.466. The molecule has 2 aliphatic carbocycles. The maximum Gasteiger partial charge on any atom is 0.187 e. The van der Waals surface area contributed by atoms with Gasteiger partial charge in [0.05, 0.1) is 36.4 Å². The molecule has 4 fully saturated rings. The van der Waals surface area contributed by atoms with Gasteiger partial charge < -0.3 is 114 Å². The van der Waals surface area contributed by atoms with E-state index in [0.29, 0.717) is 0 Å².